The molecule has 7 heteroatoms. The number of carbonyl (C=O) groups is 2. The average molecular weight is 387 g/mol. The number of ether oxygens (including phenoxy) is 1. The molecule has 0 aliphatic heterocycles. The molecule has 0 saturated carbocycles. The van der Waals surface area contributed by atoms with Crippen LogP contribution in [0.4, 0.5) is 5.82 Å². The summed E-state index contributed by atoms with van der Waals surface area (Å²) in [7, 11) is 0. The number of nitrogens with one attached hydrogen (secondary N) is 1. The van der Waals surface area contributed by atoms with Crippen LogP contribution in [0.25, 0.3) is 16.9 Å². The Kier molecular flexibility index (Phi) is 5.20. The first-order valence-corrected chi connectivity index (χ1v) is 8.91. The number of nitrogens with zero attached hydrogens (tertiary/aromatic N) is 2. The second-order valence-corrected chi connectivity index (χ2v) is 6.16. The van der Waals surface area contributed by atoms with Gasteiger partial charge in [0.2, 0.25) is 0 Å². The molecule has 0 unspecified atom stereocenters. The highest BCUT2D eigenvalue weighted by Gasteiger charge is 2.16. The van der Waals surface area contributed by atoms with Crippen LogP contribution in [0.15, 0.2) is 89.7 Å². The summed E-state index contributed by atoms with van der Waals surface area (Å²) >= 11 is 0. The van der Waals surface area contributed by atoms with Gasteiger partial charge in [0, 0.05) is 11.6 Å². The van der Waals surface area contributed by atoms with E-state index in [1.807, 2.05) is 60.7 Å². The Morgan fingerprint density at radius 2 is 1.72 bits per heavy atom. The Morgan fingerprint density at radius 3 is 2.41 bits per heavy atom. The SMILES string of the molecule is O=C(COC(=O)c1ccoc1)Nc1cc(-c2ccccc2)nn1-c1ccccc1. The number of esters is 1. The number of hydrogen-bond acceptors (Lipinski definition) is 5. The van der Waals surface area contributed by atoms with Crippen LogP contribution in [-0.2, 0) is 9.53 Å². The van der Waals surface area contributed by atoms with E-state index in [9.17, 15) is 9.59 Å². The van der Waals surface area contributed by atoms with E-state index in [1.165, 1.54) is 18.6 Å². The van der Waals surface area contributed by atoms with Crippen LogP contribution in [0, 0.1) is 0 Å². The Balaban J connectivity index is 1.54. The van der Waals surface area contributed by atoms with Crippen LogP contribution in [0.2, 0.25) is 0 Å². The van der Waals surface area contributed by atoms with Gasteiger partial charge in [0.05, 0.1) is 23.2 Å². The summed E-state index contributed by atoms with van der Waals surface area (Å²) in [4.78, 5) is 24.2. The normalized spacial score (nSPS) is 10.5. The molecule has 4 aromatic rings. The van der Waals surface area contributed by atoms with Crippen LogP contribution in [-0.4, -0.2) is 28.3 Å². The topological polar surface area (TPSA) is 86.4 Å². The standard InChI is InChI=1S/C22H17N3O4/c26-21(15-29-22(27)17-11-12-28-14-17)23-20-13-19(16-7-3-1-4-8-16)24-25(20)18-9-5-2-6-10-18/h1-14H,15H2,(H,23,26). The molecule has 0 radical (unpaired) electrons. The number of rotatable bonds is 6. The molecule has 0 atom stereocenters. The number of carbonyl (C=O) groups excluding carboxylic acids is 2. The first kappa shape index (κ1) is 18.2. The smallest absolute Gasteiger partial charge is 0.341 e. The first-order chi connectivity index (χ1) is 14.2. The Labute approximate surface area is 166 Å². The molecule has 0 bridgehead atoms. The van der Waals surface area contributed by atoms with E-state index in [4.69, 9.17) is 9.15 Å². The maximum atomic E-state index is 12.4. The minimum atomic E-state index is -0.629. The summed E-state index contributed by atoms with van der Waals surface area (Å²) in [5, 5.41) is 7.38. The third kappa shape index (κ3) is 4.24. The van der Waals surface area contributed by atoms with Gasteiger partial charge in [-0.25, -0.2) is 9.48 Å². The zero-order valence-electron chi connectivity index (χ0n) is 15.3. The lowest BCUT2D eigenvalue weighted by Gasteiger charge is -2.09. The molecule has 2 aromatic heterocycles. The van der Waals surface area contributed by atoms with E-state index in [-0.39, 0.29) is 5.56 Å². The van der Waals surface area contributed by atoms with Gasteiger partial charge in [0.1, 0.15) is 12.1 Å². The fourth-order valence-electron chi connectivity index (χ4n) is 2.76. The van der Waals surface area contributed by atoms with Crippen molar-refractivity contribution in [2.24, 2.45) is 0 Å². The molecule has 2 heterocycles. The van der Waals surface area contributed by atoms with Crippen LogP contribution in [0.1, 0.15) is 10.4 Å². The van der Waals surface area contributed by atoms with Gasteiger partial charge in [-0.05, 0) is 18.2 Å². The molecule has 1 N–H and O–H groups in total. The summed E-state index contributed by atoms with van der Waals surface area (Å²) in [5.41, 5.74) is 2.67. The molecule has 7 nitrogen and oxygen atoms in total. The lowest BCUT2D eigenvalue weighted by molar-refractivity contribution is -0.119. The van der Waals surface area contributed by atoms with Gasteiger partial charge in [-0.3, -0.25) is 4.79 Å². The van der Waals surface area contributed by atoms with Gasteiger partial charge < -0.3 is 14.5 Å². The molecule has 2 aromatic carbocycles. The van der Waals surface area contributed by atoms with Crippen molar-refractivity contribution in [2.75, 3.05) is 11.9 Å². The second kappa shape index (κ2) is 8.26. The van der Waals surface area contributed by atoms with Crippen LogP contribution >= 0.6 is 0 Å². The van der Waals surface area contributed by atoms with Crippen molar-refractivity contribution in [2.45, 2.75) is 0 Å². The molecule has 0 spiro atoms. The number of aromatic nitrogens is 2. The van der Waals surface area contributed by atoms with Crippen molar-refractivity contribution in [1.82, 2.24) is 9.78 Å². The summed E-state index contributed by atoms with van der Waals surface area (Å²) in [6.07, 6.45) is 2.62. The molecule has 144 valence electrons. The number of benzene rings is 2. The molecule has 0 aliphatic carbocycles. The van der Waals surface area contributed by atoms with E-state index in [0.29, 0.717) is 11.5 Å². The van der Waals surface area contributed by atoms with Gasteiger partial charge in [-0.15, -0.1) is 0 Å². The Bertz CT molecular complexity index is 1100. The third-order valence-electron chi connectivity index (χ3n) is 4.14. The molecule has 4 rings (SSSR count). The first-order valence-electron chi connectivity index (χ1n) is 8.91. The van der Waals surface area contributed by atoms with E-state index in [2.05, 4.69) is 10.4 Å². The largest absolute Gasteiger partial charge is 0.472 e. The van der Waals surface area contributed by atoms with Crippen molar-refractivity contribution >= 4 is 17.7 Å². The van der Waals surface area contributed by atoms with Gasteiger partial charge in [0.15, 0.2) is 6.61 Å². The predicted octanol–water partition coefficient (Wildman–Crippen LogP) is 3.93. The Morgan fingerprint density at radius 1 is 1.00 bits per heavy atom. The summed E-state index contributed by atoms with van der Waals surface area (Å²) in [5.74, 6) is -0.631. The Hall–Kier alpha value is -4.13. The summed E-state index contributed by atoms with van der Waals surface area (Å²) < 4.78 is 11.5. The number of amides is 1. The van der Waals surface area contributed by atoms with Crippen molar-refractivity contribution in [3.8, 4) is 16.9 Å². The van der Waals surface area contributed by atoms with Gasteiger partial charge in [-0.1, -0.05) is 48.5 Å². The monoisotopic (exact) mass is 387 g/mol. The molecule has 1 amide bonds. The fourth-order valence-corrected chi connectivity index (χ4v) is 2.76. The fraction of sp³-hybridized carbons (Fsp3) is 0.0455. The average Bonchev–Trinajstić information content (AvgIpc) is 3.44. The number of hydrogen-bond donors (Lipinski definition) is 1. The van der Waals surface area contributed by atoms with Crippen LogP contribution in [0.5, 0.6) is 0 Å². The van der Waals surface area contributed by atoms with Crippen molar-refractivity contribution in [3.63, 3.8) is 0 Å². The minimum Gasteiger partial charge on any atom is -0.472 e. The van der Waals surface area contributed by atoms with E-state index in [0.717, 1.165) is 11.3 Å². The third-order valence-corrected chi connectivity index (χ3v) is 4.14. The lowest BCUT2D eigenvalue weighted by Crippen LogP contribution is -2.22. The van der Waals surface area contributed by atoms with Crippen molar-refractivity contribution in [1.29, 1.82) is 0 Å². The number of para-hydroxylation sites is 1. The van der Waals surface area contributed by atoms with Gasteiger partial charge in [0.25, 0.3) is 5.91 Å². The maximum absolute atomic E-state index is 12.4. The van der Waals surface area contributed by atoms with Gasteiger partial charge >= 0.3 is 5.97 Å². The number of furan rings is 1. The lowest BCUT2D eigenvalue weighted by atomic mass is 10.2. The zero-order chi connectivity index (χ0) is 20.1. The van der Waals surface area contributed by atoms with Gasteiger partial charge in [-0.2, -0.15) is 5.10 Å². The predicted molar refractivity (Wildman–Crippen MR) is 107 cm³/mol. The molecule has 0 fully saturated rings. The highest BCUT2D eigenvalue weighted by atomic mass is 16.5. The summed E-state index contributed by atoms with van der Waals surface area (Å²) in [6, 6.07) is 22.3. The zero-order valence-corrected chi connectivity index (χ0v) is 15.3. The number of anilines is 1. The molecular formula is C22H17N3O4. The quantitative estimate of drug-likeness (QED) is 0.507. The van der Waals surface area contributed by atoms with E-state index < -0.39 is 18.5 Å². The summed E-state index contributed by atoms with van der Waals surface area (Å²) in [6.45, 7) is -0.426. The molecule has 0 saturated heterocycles. The molecule has 0 aliphatic rings. The maximum Gasteiger partial charge on any atom is 0.341 e. The van der Waals surface area contributed by atoms with Crippen molar-refractivity contribution in [3.05, 3.63) is 90.9 Å². The minimum absolute atomic E-state index is 0.249. The van der Waals surface area contributed by atoms with Crippen molar-refractivity contribution < 1.29 is 18.7 Å². The van der Waals surface area contributed by atoms with E-state index >= 15 is 0 Å². The van der Waals surface area contributed by atoms with E-state index in [1.54, 1.807) is 10.7 Å². The highest BCUT2D eigenvalue weighted by Crippen LogP contribution is 2.24. The second-order valence-electron chi connectivity index (χ2n) is 6.16. The molecular weight excluding hydrogens is 370 g/mol. The van der Waals surface area contributed by atoms with Crippen LogP contribution < -0.4 is 5.32 Å². The highest BCUT2D eigenvalue weighted by molar-refractivity contribution is 5.95. The molecule has 29 heavy (non-hydrogen) atoms. The van der Waals surface area contributed by atoms with Crippen LogP contribution in [0.3, 0.4) is 0 Å².